The lowest BCUT2D eigenvalue weighted by atomic mass is 11.3. The zero-order chi connectivity index (χ0) is 5.58. The van der Waals surface area contributed by atoms with Crippen LogP contribution in [0.2, 0.25) is 0 Å². The Morgan fingerprint density at radius 3 is 1.29 bits per heavy atom. The molecule has 0 aliphatic heterocycles. The summed E-state index contributed by atoms with van der Waals surface area (Å²) in [4.78, 5) is 0. The molecule has 0 bridgehead atoms. The average Bonchev–Trinajstić information content (AvgIpc) is 1.41. The van der Waals surface area contributed by atoms with Crippen molar-refractivity contribution in [2.45, 2.75) is 0 Å². The summed E-state index contributed by atoms with van der Waals surface area (Å²) in [5.41, 5.74) is 9.24. The fourth-order valence-electron chi connectivity index (χ4n) is 0. The summed E-state index contributed by atoms with van der Waals surface area (Å²) >= 11 is 4.09. The van der Waals surface area contributed by atoms with Gasteiger partial charge in [-0.2, -0.15) is 0 Å². The Labute approximate surface area is 53.0 Å². The molecule has 0 amide bonds. The van der Waals surface area contributed by atoms with E-state index in [0.717, 1.165) is 0 Å². The number of thiocarbonyl (C=S) groups is 1. The molecule has 0 radical (unpaired) electrons. The van der Waals surface area contributed by atoms with E-state index in [4.69, 9.17) is 5.21 Å². The Hall–Kier alpha value is -0.100. The van der Waals surface area contributed by atoms with Gasteiger partial charge in [-0.05, 0) is 12.2 Å². The molecule has 0 saturated heterocycles. The first-order valence-electron chi connectivity index (χ1n) is 1.04. The maximum absolute atomic E-state index is 6.50. The Morgan fingerprint density at radius 2 is 1.29 bits per heavy atom. The highest BCUT2D eigenvalue weighted by Crippen LogP contribution is 1.32. The molecule has 4 nitrogen and oxygen atoms in total. The largest absolute Gasteiger partial charge is 0.377 e. The lowest BCUT2D eigenvalue weighted by Crippen LogP contribution is -2.18. The van der Waals surface area contributed by atoms with Crippen molar-refractivity contribution in [2.24, 2.45) is 17.4 Å². The second-order valence-corrected chi connectivity index (χ2v) is 0.874. The molecule has 0 atom stereocenters. The fourth-order valence-corrected chi connectivity index (χ4v) is 0. The standard InChI is InChI=1S/CH4N2S.ClH.H3NO/c2-1(3)4;;1-2/h(H4,2,3,4);1H;2H,1H2. The normalized spacial score (nSPS) is 4.29. The molecule has 7 heavy (non-hydrogen) atoms. The van der Waals surface area contributed by atoms with Crippen molar-refractivity contribution >= 4 is 29.7 Å². The zero-order valence-corrected chi connectivity index (χ0v) is 5.13. The van der Waals surface area contributed by atoms with Gasteiger partial charge in [0.05, 0.1) is 0 Å². The summed E-state index contributed by atoms with van der Waals surface area (Å²) in [6, 6.07) is 0. The van der Waals surface area contributed by atoms with Crippen molar-refractivity contribution in [3.63, 3.8) is 0 Å². The highest BCUT2D eigenvalue weighted by Gasteiger charge is 1.53. The van der Waals surface area contributed by atoms with Crippen LogP contribution in [0.1, 0.15) is 0 Å². The minimum Gasteiger partial charge on any atom is -0.377 e. The van der Waals surface area contributed by atoms with E-state index < -0.39 is 0 Å². The first-order chi connectivity index (χ1) is 2.73. The molecule has 0 fully saturated rings. The maximum Gasteiger partial charge on any atom is 0.160 e. The second-order valence-electron chi connectivity index (χ2n) is 0.402. The number of halogens is 1. The van der Waals surface area contributed by atoms with Crippen LogP contribution >= 0.6 is 24.6 Å². The monoisotopic (exact) mass is 145 g/mol. The van der Waals surface area contributed by atoms with Crippen LogP contribution in [0.4, 0.5) is 0 Å². The van der Waals surface area contributed by atoms with Crippen molar-refractivity contribution in [1.29, 1.82) is 0 Å². The van der Waals surface area contributed by atoms with Crippen LogP contribution in [0.15, 0.2) is 0 Å². The predicted molar refractivity (Wildman–Crippen MR) is 34.2 cm³/mol. The highest BCUT2D eigenvalue weighted by molar-refractivity contribution is 7.80. The Morgan fingerprint density at radius 1 is 1.29 bits per heavy atom. The van der Waals surface area contributed by atoms with Crippen LogP contribution < -0.4 is 17.4 Å². The Kier molecular flexibility index (Phi) is 38.0. The molecule has 6 heteroatoms. The summed E-state index contributed by atoms with van der Waals surface area (Å²) in [7, 11) is 0. The molecule has 0 aliphatic rings. The van der Waals surface area contributed by atoms with E-state index in [0.29, 0.717) is 0 Å². The van der Waals surface area contributed by atoms with Gasteiger partial charge in [-0.15, -0.1) is 12.4 Å². The van der Waals surface area contributed by atoms with Gasteiger partial charge in [-0.3, -0.25) is 0 Å². The van der Waals surface area contributed by atoms with Crippen molar-refractivity contribution in [3.05, 3.63) is 0 Å². The van der Waals surface area contributed by atoms with Gasteiger partial charge in [0.15, 0.2) is 5.11 Å². The molecular weight excluding hydrogens is 138 g/mol. The van der Waals surface area contributed by atoms with Crippen LogP contribution in [-0.2, 0) is 0 Å². The third-order valence-corrected chi connectivity index (χ3v) is 0. The van der Waals surface area contributed by atoms with E-state index in [1.165, 1.54) is 0 Å². The lowest BCUT2D eigenvalue weighted by Gasteiger charge is -1.68. The van der Waals surface area contributed by atoms with Crippen LogP contribution in [0, 0.1) is 0 Å². The van der Waals surface area contributed by atoms with Gasteiger partial charge in [0, 0.05) is 0 Å². The SMILES string of the molecule is Cl.NC(N)=S.NO. The molecular formula is CH8ClN3OS. The second kappa shape index (κ2) is 16.8. The first kappa shape index (κ1) is 15.8. The maximum atomic E-state index is 6.50. The van der Waals surface area contributed by atoms with Crippen LogP contribution in [0.25, 0.3) is 0 Å². The third kappa shape index (κ3) is 8970. The quantitative estimate of drug-likeness (QED) is 0.258. The summed E-state index contributed by atoms with van der Waals surface area (Å²) < 4.78 is 0. The van der Waals surface area contributed by atoms with Crippen LogP contribution in [-0.4, -0.2) is 10.3 Å². The minimum atomic E-state index is 0. The molecule has 0 unspecified atom stereocenters. The van der Waals surface area contributed by atoms with Crippen LogP contribution in [0.3, 0.4) is 0 Å². The highest BCUT2D eigenvalue weighted by atomic mass is 35.5. The van der Waals surface area contributed by atoms with Crippen LogP contribution in [0.5, 0.6) is 0 Å². The molecule has 0 spiro atoms. The van der Waals surface area contributed by atoms with Crippen molar-refractivity contribution in [3.8, 4) is 0 Å². The van der Waals surface area contributed by atoms with Gasteiger partial charge in [0.1, 0.15) is 0 Å². The average molecular weight is 146 g/mol. The summed E-state index contributed by atoms with van der Waals surface area (Å²) in [5.74, 6) is 3.50. The van der Waals surface area contributed by atoms with Gasteiger partial charge >= 0.3 is 0 Å². The Balaban J connectivity index is -0.0000000480. The van der Waals surface area contributed by atoms with Crippen molar-refractivity contribution in [2.75, 3.05) is 0 Å². The summed E-state index contributed by atoms with van der Waals surface area (Å²) in [6.07, 6.45) is 0. The van der Waals surface area contributed by atoms with Gasteiger partial charge in [0.2, 0.25) is 0 Å². The Bertz CT molecular complexity index is 37.9. The van der Waals surface area contributed by atoms with E-state index >= 15 is 0 Å². The molecule has 0 aromatic carbocycles. The number of nitrogens with two attached hydrogens (primary N) is 3. The molecule has 0 saturated carbocycles. The molecule has 0 heterocycles. The first-order valence-corrected chi connectivity index (χ1v) is 1.45. The van der Waals surface area contributed by atoms with E-state index in [9.17, 15) is 0 Å². The molecule has 0 aromatic rings. The summed E-state index contributed by atoms with van der Waals surface area (Å²) in [5, 5.41) is 6.50. The van der Waals surface area contributed by atoms with Crippen molar-refractivity contribution < 1.29 is 5.21 Å². The molecule has 7 N–H and O–H groups in total. The smallest absolute Gasteiger partial charge is 0.160 e. The number of hydrogen-bond donors (Lipinski definition) is 4. The number of hydrogen-bond acceptors (Lipinski definition) is 3. The third-order valence-electron chi connectivity index (χ3n) is 0. The predicted octanol–water partition coefficient (Wildman–Crippen LogP) is -1.06. The lowest BCUT2D eigenvalue weighted by molar-refractivity contribution is 0.311. The van der Waals surface area contributed by atoms with Crippen molar-refractivity contribution in [1.82, 2.24) is 0 Å². The fraction of sp³-hybridized carbons (Fsp3) is 0. The number of rotatable bonds is 0. The van der Waals surface area contributed by atoms with E-state index in [1.807, 2.05) is 0 Å². The van der Waals surface area contributed by atoms with Gasteiger partial charge in [0.25, 0.3) is 0 Å². The topological polar surface area (TPSA) is 98.3 Å². The van der Waals surface area contributed by atoms with E-state index in [2.05, 4.69) is 29.6 Å². The minimum absolute atomic E-state index is 0. The summed E-state index contributed by atoms with van der Waals surface area (Å²) in [6.45, 7) is 0. The molecule has 0 aromatic heterocycles. The van der Waals surface area contributed by atoms with Gasteiger partial charge < -0.3 is 16.7 Å². The van der Waals surface area contributed by atoms with Gasteiger partial charge in [-0.25, -0.2) is 5.90 Å². The van der Waals surface area contributed by atoms with E-state index in [-0.39, 0.29) is 17.5 Å². The molecule has 46 valence electrons. The van der Waals surface area contributed by atoms with Gasteiger partial charge in [-0.1, -0.05) is 0 Å². The van der Waals surface area contributed by atoms with E-state index in [1.54, 1.807) is 0 Å². The molecule has 0 aliphatic carbocycles. The zero-order valence-electron chi connectivity index (χ0n) is 3.50. The molecule has 0 rings (SSSR count).